The highest BCUT2D eigenvalue weighted by Crippen LogP contribution is 2.12. The summed E-state index contributed by atoms with van der Waals surface area (Å²) in [7, 11) is 1.59. The highest BCUT2D eigenvalue weighted by molar-refractivity contribution is 6.28. The molecule has 17 heavy (non-hydrogen) atoms. The summed E-state index contributed by atoms with van der Waals surface area (Å²) < 4.78 is 10.0. The van der Waals surface area contributed by atoms with Gasteiger partial charge in [-0.15, -0.1) is 0 Å². The summed E-state index contributed by atoms with van der Waals surface area (Å²) in [4.78, 5) is 11.6. The van der Waals surface area contributed by atoms with E-state index in [-0.39, 0.29) is 11.9 Å². The molecule has 1 atom stereocenters. The van der Waals surface area contributed by atoms with Gasteiger partial charge in [-0.2, -0.15) is 0 Å². The summed E-state index contributed by atoms with van der Waals surface area (Å²) >= 11 is 5.64. The Morgan fingerprint density at radius 2 is 2.35 bits per heavy atom. The number of amides is 1. The maximum atomic E-state index is 11.6. The van der Waals surface area contributed by atoms with Gasteiger partial charge >= 0.3 is 0 Å². The number of rotatable bonds is 7. The monoisotopic (exact) mass is 260 g/mol. The molecule has 0 saturated heterocycles. The third kappa shape index (κ3) is 5.21. The predicted octanol–water partition coefficient (Wildman–Crippen LogP) is 1.17. The van der Waals surface area contributed by atoms with E-state index in [4.69, 9.17) is 20.8 Å². The molecule has 5 nitrogen and oxygen atoms in total. The molecule has 0 spiro atoms. The highest BCUT2D eigenvalue weighted by Gasteiger charge is 2.12. The van der Waals surface area contributed by atoms with E-state index < -0.39 is 0 Å². The number of methoxy groups -OCH3 is 1. The number of hydrogen-bond donors (Lipinski definition) is 2. The molecule has 0 aliphatic heterocycles. The summed E-state index contributed by atoms with van der Waals surface area (Å²) in [5, 5.41) is 6.12. The number of furan rings is 1. The fourth-order valence-corrected chi connectivity index (χ4v) is 1.38. The van der Waals surface area contributed by atoms with E-state index in [1.807, 2.05) is 0 Å². The van der Waals surface area contributed by atoms with E-state index in [1.165, 1.54) is 0 Å². The van der Waals surface area contributed by atoms with Gasteiger partial charge < -0.3 is 14.5 Å². The van der Waals surface area contributed by atoms with Crippen LogP contribution < -0.4 is 10.6 Å². The Labute approximate surface area is 105 Å². The van der Waals surface area contributed by atoms with Gasteiger partial charge in [0.15, 0.2) is 5.22 Å². The van der Waals surface area contributed by atoms with Crippen molar-refractivity contribution in [2.45, 2.75) is 19.5 Å². The van der Waals surface area contributed by atoms with Crippen molar-refractivity contribution < 1.29 is 13.9 Å². The number of nitrogens with one attached hydrogen (secondary N) is 2. The second-order valence-corrected chi connectivity index (χ2v) is 3.96. The van der Waals surface area contributed by atoms with Crippen LogP contribution in [0.5, 0.6) is 0 Å². The molecule has 1 aromatic rings. The Morgan fingerprint density at radius 1 is 1.59 bits per heavy atom. The zero-order chi connectivity index (χ0) is 12.7. The molecule has 6 heteroatoms. The minimum absolute atomic E-state index is 0.0697. The quantitative estimate of drug-likeness (QED) is 0.723. The number of carbonyl (C=O) groups is 1. The maximum absolute atomic E-state index is 11.6. The minimum atomic E-state index is -0.296. The van der Waals surface area contributed by atoms with Crippen molar-refractivity contribution in [1.29, 1.82) is 0 Å². The predicted molar refractivity (Wildman–Crippen MR) is 64.9 cm³/mol. The van der Waals surface area contributed by atoms with Gasteiger partial charge in [-0.25, -0.2) is 0 Å². The fraction of sp³-hybridized carbons (Fsp3) is 0.545. The van der Waals surface area contributed by atoms with Crippen molar-refractivity contribution in [3.63, 3.8) is 0 Å². The van der Waals surface area contributed by atoms with Crippen LogP contribution in [0.25, 0.3) is 0 Å². The minimum Gasteiger partial charge on any atom is -0.448 e. The zero-order valence-electron chi connectivity index (χ0n) is 9.96. The fourth-order valence-electron chi connectivity index (χ4n) is 1.22. The average molecular weight is 261 g/mol. The summed E-state index contributed by atoms with van der Waals surface area (Å²) in [6.45, 7) is 3.26. The average Bonchev–Trinajstić information content (AvgIpc) is 2.72. The Kier molecular flexibility index (Phi) is 6.04. The van der Waals surface area contributed by atoms with E-state index >= 15 is 0 Å². The lowest BCUT2D eigenvalue weighted by Crippen LogP contribution is -2.42. The van der Waals surface area contributed by atoms with Gasteiger partial charge in [-0.3, -0.25) is 10.1 Å². The number of carbonyl (C=O) groups excluding carboxylic acids is 1. The van der Waals surface area contributed by atoms with Crippen molar-refractivity contribution in [2.75, 3.05) is 20.3 Å². The molecule has 2 N–H and O–H groups in total. The smallest absolute Gasteiger partial charge is 0.236 e. The van der Waals surface area contributed by atoms with Crippen LogP contribution in [0.2, 0.25) is 5.22 Å². The molecular weight excluding hydrogens is 244 g/mol. The zero-order valence-corrected chi connectivity index (χ0v) is 10.7. The second-order valence-electron chi connectivity index (χ2n) is 3.59. The summed E-state index contributed by atoms with van der Waals surface area (Å²) in [6.07, 6.45) is 0. The van der Waals surface area contributed by atoms with Crippen molar-refractivity contribution >= 4 is 17.5 Å². The first-order valence-electron chi connectivity index (χ1n) is 5.37. The molecule has 1 amide bonds. The summed E-state index contributed by atoms with van der Waals surface area (Å²) in [5.41, 5.74) is 0. The normalized spacial score (nSPS) is 12.4. The van der Waals surface area contributed by atoms with Crippen LogP contribution in [0.4, 0.5) is 0 Å². The van der Waals surface area contributed by atoms with Gasteiger partial charge in [0.05, 0.1) is 19.2 Å². The Morgan fingerprint density at radius 3 is 2.94 bits per heavy atom. The van der Waals surface area contributed by atoms with Crippen LogP contribution in [0.15, 0.2) is 16.5 Å². The molecule has 0 bridgehead atoms. The van der Waals surface area contributed by atoms with Crippen LogP contribution in [-0.4, -0.2) is 32.2 Å². The number of hydrogen-bond acceptors (Lipinski definition) is 4. The molecule has 1 heterocycles. The van der Waals surface area contributed by atoms with E-state index in [9.17, 15) is 4.79 Å². The molecule has 0 saturated carbocycles. The molecule has 1 unspecified atom stereocenters. The van der Waals surface area contributed by atoms with Gasteiger partial charge in [-0.05, 0) is 30.7 Å². The standard InChI is InChI=1S/C11H17ClN2O3/c1-8(11(15)13-5-6-16-2)14-7-9-3-4-10(12)17-9/h3-4,8,14H,5-7H2,1-2H3,(H,13,15). The van der Waals surface area contributed by atoms with Gasteiger partial charge in [0, 0.05) is 13.7 Å². The van der Waals surface area contributed by atoms with E-state index in [2.05, 4.69) is 10.6 Å². The SMILES string of the molecule is COCCNC(=O)C(C)NCc1ccc(Cl)o1. The van der Waals surface area contributed by atoms with Crippen LogP contribution in [-0.2, 0) is 16.1 Å². The second kappa shape index (κ2) is 7.32. The van der Waals surface area contributed by atoms with Crippen LogP contribution in [0.3, 0.4) is 0 Å². The molecule has 0 aromatic carbocycles. The van der Waals surface area contributed by atoms with Gasteiger partial charge in [-0.1, -0.05) is 0 Å². The first kappa shape index (κ1) is 14.0. The largest absolute Gasteiger partial charge is 0.448 e. The molecule has 0 fully saturated rings. The maximum Gasteiger partial charge on any atom is 0.236 e. The first-order valence-corrected chi connectivity index (χ1v) is 5.75. The van der Waals surface area contributed by atoms with Crippen LogP contribution in [0, 0.1) is 0 Å². The van der Waals surface area contributed by atoms with Gasteiger partial charge in [0.25, 0.3) is 0 Å². The number of ether oxygens (including phenoxy) is 1. The topological polar surface area (TPSA) is 63.5 Å². The van der Waals surface area contributed by atoms with E-state index in [0.717, 1.165) is 0 Å². The van der Waals surface area contributed by atoms with Crippen LogP contribution >= 0.6 is 11.6 Å². The lowest BCUT2D eigenvalue weighted by atomic mass is 10.3. The Hall–Kier alpha value is -1.04. The molecule has 0 radical (unpaired) electrons. The van der Waals surface area contributed by atoms with E-state index in [1.54, 1.807) is 26.2 Å². The van der Waals surface area contributed by atoms with Crippen molar-refractivity contribution in [3.8, 4) is 0 Å². The van der Waals surface area contributed by atoms with Gasteiger partial charge in [0.2, 0.25) is 5.91 Å². The molecular formula is C11H17ClN2O3. The van der Waals surface area contributed by atoms with Crippen molar-refractivity contribution in [2.24, 2.45) is 0 Å². The highest BCUT2D eigenvalue weighted by atomic mass is 35.5. The molecule has 96 valence electrons. The lowest BCUT2D eigenvalue weighted by Gasteiger charge is -2.12. The summed E-state index contributed by atoms with van der Waals surface area (Å²) in [5.74, 6) is 0.631. The molecule has 1 rings (SSSR count). The first-order chi connectivity index (χ1) is 8.13. The molecule has 0 aliphatic rings. The molecule has 0 aliphatic carbocycles. The lowest BCUT2D eigenvalue weighted by molar-refractivity contribution is -0.123. The van der Waals surface area contributed by atoms with Crippen LogP contribution in [0.1, 0.15) is 12.7 Å². The van der Waals surface area contributed by atoms with Gasteiger partial charge in [0.1, 0.15) is 5.76 Å². The molecule has 1 aromatic heterocycles. The van der Waals surface area contributed by atoms with Crippen molar-refractivity contribution in [3.05, 3.63) is 23.1 Å². The third-order valence-corrected chi connectivity index (χ3v) is 2.41. The Balaban J connectivity index is 2.24. The Bertz CT molecular complexity index is 354. The number of halogens is 1. The van der Waals surface area contributed by atoms with E-state index in [0.29, 0.717) is 30.7 Å². The third-order valence-electron chi connectivity index (χ3n) is 2.21. The van der Waals surface area contributed by atoms with Crippen molar-refractivity contribution in [1.82, 2.24) is 10.6 Å². The summed E-state index contributed by atoms with van der Waals surface area (Å²) in [6, 6.07) is 3.14.